The van der Waals surface area contributed by atoms with Gasteiger partial charge in [0.15, 0.2) is 30.5 Å². The van der Waals surface area contributed by atoms with Crippen molar-refractivity contribution in [3.8, 4) is 0 Å². The summed E-state index contributed by atoms with van der Waals surface area (Å²) >= 11 is 0. The summed E-state index contributed by atoms with van der Waals surface area (Å²) in [5.74, 6) is 0.146. The van der Waals surface area contributed by atoms with E-state index in [4.69, 9.17) is 0 Å². The summed E-state index contributed by atoms with van der Waals surface area (Å²) in [4.78, 5) is 26.2. The Morgan fingerprint density at radius 3 is 1.96 bits per heavy atom. The molecule has 1 aliphatic carbocycles. The lowest BCUT2D eigenvalue weighted by Gasteiger charge is -2.39. The summed E-state index contributed by atoms with van der Waals surface area (Å²) in [6.07, 6.45) is 5.24. The maximum atomic E-state index is 13.1. The van der Waals surface area contributed by atoms with E-state index in [1.54, 1.807) is 0 Å². The number of hydrogen-bond acceptors (Lipinski definition) is 2. The molecule has 1 saturated carbocycles. The van der Waals surface area contributed by atoms with Gasteiger partial charge in [-0.05, 0) is 17.4 Å². The van der Waals surface area contributed by atoms with E-state index >= 15 is 0 Å². The summed E-state index contributed by atoms with van der Waals surface area (Å²) in [5.41, 5.74) is -0.158. The zero-order valence-electron chi connectivity index (χ0n) is 14.7. The topological polar surface area (TPSA) is 38.0 Å². The molecule has 132 valence electrons. The molecule has 0 N–H and O–H groups in total. The number of hydrogen-bond donors (Lipinski definition) is 0. The molecule has 3 nitrogen and oxygen atoms in total. The van der Waals surface area contributed by atoms with E-state index in [-0.39, 0.29) is 41.0 Å². The van der Waals surface area contributed by atoms with E-state index in [1.807, 2.05) is 79.3 Å². The molecule has 0 atom stereocenters. The Hall–Kier alpha value is -1.56. The van der Waals surface area contributed by atoms with Crippen LogP contribution in [0.5, 0.6) is 0 Å². The van der Waals surface area contributed by atoms with E-state index in [1.165, 1.54) is 0 Å². The fraction of sp³-hybridized carbons (Fsp3) is 0.381. The van der Waals surface area contributed by atoms with Crippen molar-refractivity contribution >= 4 is 11.6 Å². The van der Waals surface area contributed by atoms with Gasteiger partial charge in [0.25, 0.3) is 0 Å². The van der Waals surface area contributed by atoms with Gasteiger partial charge in [0.2, 0.25) is 0 Å². The zero-order chi connectivity index (χ0) is 17.2. The summed E-state index contributed by atoms with van der Waals surface area (Å²) in [6.45, 7) is 4.42. The van der Waals surface area contributed by atoms with Crippen LogP contribution in [-0.4, -0.2) is 11.6 Å². The van der Waals surface area contributed by atoms with Crippen molar-refractivity contribution in [3.05, 3.63) is 66.5 Å². The van der Waals surface area contributed by atoms with Crippen LogP contribution in [0.3, 0.4) is 0 Å². The molecule has 0 radical (unpaired) electrons. The number of ketones is 2. The van der Waals surface area contributed by atoms with Gasteiger partial charge in [0.1, 0.15) is 5.41 Å². The number of rotatable bonds is 4. The Kier molecular flexibility index (Phi) is 6.14. The van der Waals surface area contributed by atoms with Crippen molar-refractivity contribution < 1.29 is 38.1 Å². The standard InChI is InChI=1S/C21H24NO2.HI/c1-20(2)14-18(23)21(19(24)15-20,13-17-9-5-3-6-10-17)16-22-11-7-4-8-12-22;/h3-12H,13-16H2,1-2H3;1H/q+1;/p-1. The van der Waals surface area contributed by atoms with Gasteiger partial charge in [-0.2, -0.15) is 0 Å². The quantitative estimate of drug-likeness (QED) is 0.379. The molecule has 0 bridgehead atoms. The van der Waals surface area contributed by atoms with Crippen LogP contribution in [0, 0.1) is 10.8 Å². The van der Waals surface area contributed by atoms with Crippen LogP contribution < -0.4 is 28.5 Å². The van der Waals surface area contributed by atoms with Crippen molar-refractivity contribution in [1.82, 2.24) is 0 Å². The van der Waals surface area contributed by atoms with E-state index in [2.05, 4.69) is 0 Å². The number of carbonyl (C=O) groups excluding carboxylic acids is 2. The van der Waals surface area contributed by atoms with E-state index < -0.39 is 5.41 Å². The largest absolute Gasteiger partial charge is 1.00 e. The van der Waals surface area contributed by atoms with Crippen LogP contribution >= 0.6 is 0 Å². The third-order valence-electron chi connectivity index (χ3n) is 4.92. The van der Waals surface area contributed by atoms with E-state index in [0.717, 1.165) is 5.56 Å². The Balaban J connectivity index is 0.00000225. The molecule has 1 aromatic heterocycles. The van der Waals surface area contributed by atoms with Crippen LogP contribution in [-0.2, 0) is 22.6 Å². The maximum absolute atomic E-state index is 13.1. The third-order valence-corrected chi connectivity index (χ3v) is 4.92. The molecule has 4 heteroatoms. The second-order valence-electron chi connectivity index (χ2n) is 7.66. The smallest absolute Gasteiger partial charge is 0.168 e. The van der Waals surface area contributed by atoms with Crippen LogP contribution in [0.4, 0.5) is 0 Å². The van der Waals surface area contributed by atoms with Crippen molar-refractivity contribution in [2.45, 2.75) is 39.7 Å². The van der Waals surface area contributed by atoms with Gasteiger partial charge in [-0.3, -0.25) is 9.59 Å². The first-order valence-electron chi connectivity index (χ1n) is 8.46. The Morgan fingerprint density at radius 2 is 1.40 bits per heavy atom. The first-order valence-corrected chi connectivity index (χ1v) is 8.46. The molecule has 0 amide bonds. The molecule has 1 heterocycles. The molecule has 1 fully saturated rings. The lowest BCUT2D eigenvalue weighted by Crippen LogP contribution is -3.00. The van der Waals surface area contributed by atoms with Gasteiger partial charge in [-0.1, -0.05) is 50.2 Å². The fourth-order valence-electron chi connectivity index (χ4n) is 3.65. The summed E-state index contributed by atoms with van der Waals surface area (Å²) in [5, 5.41) is 0. The van der Waals surface area contributed by atoms with Gasteiger partial charge >= 0.3 is 0 Å². The molecule has 0 saturated heterocycles. The van der Waals surface area contributed by atoms with Gasteiger partial charge in [0, 0.05) is 25.0 Å². The molecule has 0 aliphatic heterocycles. The van der Waals surface area contributed by atoms with E-state index in [0.29, 0.717) is 25.8 Å². The van der Waals surface area contributed by atoms with Crippen molar-refractivity contribution in [2.75, 3.05) is 0 Å². The average molecular weight is 449 g/mol. The molecule has 25 heavy (non-hydrogen) atoms. The zero-order valence-corrected chi connectivity index (χ0v) is 16.9. The number of Topliss-reactive ketones (excluding diaryl/α,β-unsaturated/α-hetero) is 2. The lowest BCUT2D eigenvalue weighted by molar-refractivity contribution is -0.705. The van der Waals surface area contributed by atoms with Crippen molar-refractivity contribution in [2.24, 2.45) is 10.8 Å². The highest BCUT2D eigenvalue weighted by Gasteiger charge is 2.54. The van der Waals surface area contributed by atoms with Crippen LogP contribution in [0.2, 0.25) is 0 Å². The summed E-state index contributed by atoms with van der Waals surface area (Å²) in [6, 6.07) is 15.7. The molecule has 0 spiro atoms. The maximum Gasteiger partial charge on any atom is 0.168 e. The molecular weight excluding hydrogens is 425 g/mol. The Bertz CT molecular complexity index is 678. The SMILES string of the molecule is CC1(C)CC(=O)C(Cc2ccccc2)(C[n+]2ccccc2)C(=O)C1.[I-]. The fourth-order valence-corrected chi connectivity index (χ4v) is 3.65. The van der Waals surface area contributed by atoms with E-state index in [9.17, 15) is 9.59 Å². The minimum absolute atomic E-state index is 0. The molecule has 1 aliphatic rings. The summed E-state index contributed by atoms with van der Waals surface area (Å²) < 4.78 is 1.96. The van der Waals surface area contributed by atoms with Gasteiger partial charge < -0.3 is 24.0 Å². The van der Waals surface area contributed by atoms with Crippen LogP contribution in [0.25, 0.3) is 0 Å². The Morgan fingerprint density at radius 1 is 0.880 bits per heavy atom. The highest BCUT2D eigenvalue weighted by molar-refractivity contribution is 6.09. The van der Waals surface area contributed by atoms with Gasteiger partial charge in [-0.25, -0.2) is 4.57 Å². The molecule has 0 unspecified atom stereocenters. The number of halogens is 1. The monoisotopic (exact) mass is 449 g/mol. The average Bonchev–Trinajstić information content (AvgIpc) is 2.54. The highest BCUT2D eigenvalue weighted by atomic mass is 127. The second-order valence-corrected chi connectivity index (χ2v) is 7.66. The molecule has 1 aromatic carbocycles. The van der Waals surface area contributed by atoms with Crippen LogP contribution in [0.1, 0.15) is 32.3 Å². The van der Waals surface area contributed by atoms with Crippen molar-refractivity contribution in [1.29, 1.82) is 0 Å². The second kappa shape index (κ2) is 7.77. The molecule has 2 aromatic rings. The highest BCUT2D eigenvalue weighted by Crippen LogP contribution is 2.42. The lowest BCUT2D eigenvalue weighted by atomic mass is 9.61. The van der Waals surface area contributed by atoms with Gasteiger partial charge in [-0.15, -0.1) is 0 Å². The molecular formula is C21H24INO2. The predicted molar refractivity (Wildman–Crippen MR) is 92.2 cm³/mol. The number of nitrogens with zero attached hydrogens (tertiary/aromatic N) is 1. The minimum Gasteiger partial charge on any atom is -1.00 e. The number of pyridine rings is 1. The number of carbonyl (C=O) groups is 2. The predicted octanol–water partition coefficient (Wildman–Crippen LogP) is 0.165. The van der Waals surface area contributed by atoms with Crippen LogP contribution in [0.15, 0.2) is 60.9 Å². The third kappa shape index (κ3) is 4.35. The Labute approximate surface area is 166 Å². The normalized spacial score (nSPS) is 18.5. The first-order chi connectivity index (χ1) is 11.4. The minimum atomic E-state index is -0.955. The first kappa shape index (κ1) is 19.8. The number of benzene rings is 1. The van der Waals surface area contributed by atoms with Gasteiger partial charge in [0.05, 0.1) is 0 Å². The van der Waals surface area contributed by atoms with Crippen molar-refractivity contribution in [3.63, 3.8) is 0 Å². The molecule has 3 rings (SSSR count). The summed E-state index contributed by atoms with van der Waals surface area (Å²) in [7, 11) is 0. The number of aromatic nitrogens is 1.